The van der Waals surface area contributed by atoms with Gasteiger partial charge < -0.3 is 15.3 Å². The Labute approximate surface area is 130 Å². The van der Waals surface area contributed by atoms with Crippen molar-refractivity contribution < 1.29 is 19.5 Å². The molecule has 3 N–H and O–H groups in total. The number of amides is 2. The maximum absolute atomic E-state index is 12.2. The van der Waals surface area contributed by atoms with Gasteiger partial charge in [0.05, 0.1) is 0 Å². The number of hydrogen-bond donors (Lipinski definition) is 3. The molecule has 2 amide bonds. The van der Waals surface area contributed by atoms with E-state index in [0.717, 1.165) is 9.47 Å². The van der Waals surface area contributed by atoms with Gasteiger partial charge in [0, 0.05) is 31.8 Å². The maximum atomic E-state index is 12.2. The van der Waals surface area contributed by atoms with Gasteiger partial charge in [-0.15, -0.1) is 0 Å². The number of H-pyrrole nitrogens is 1. The summed E-state index contributed by atoms with van der Waals surface area (Å²) in [5, 5.41) is 11.3. The van der Waals surface area contributed by atoms with Crippen LogP contribution < -0.4 is 16.6 Å². The predicted octanol–water partition coefficient (Wildman–Crippen LogP) is -2.11. The van der Waals surface area contributed by atoms with Crippen molar-refractivity contribution in [2.75, 3.05) is 19.6 Å². The number of aromatic nitrogens is 2. The highest BCUT2D eigenvalue weighted by molar-refractivity contribution is 5.81. The lowest BCUT2D eigenvalue weighted by Crippen LogP contribution is -2.44. The van der Waals surface area contributed by atoms with Gasteiger partial charge in [0.25, 0.3) is 5.56 Å². The molecule has 0 aromatic carbocycles. The molecule has 10 heteroatoms. The molecule has 0 saturated heterocycles. The Morgan fingerprint density at radius 2 is 2.00 bits per heavy atom. The molecule has 1 rings (SSSR count). The number of aliphatic carboxylic acids is 1. The number of carbonyl (C=O) groups excluding carboxylic acids is 2. The summed E-state index contributed by atoms with van der Waals surface area (Å²) in [6, 6.07) is 0. The van der Waals surface area contributed by atoms with Gasteiger partial charge in [-0.3, -0.25) is 28.7 Å². The summed E-state index contributed by atoms with van der Waals surface area (Å²) in [5.74, 6) is -2.14. The molecule has 0 aliphatic rings. The van der Waals surface area contributed by atoms with Crippen LogP contribution >= 0.6 is 0 Å². The first-order valence-corrected chi connectivity index (χ1v) is 6.75. The van der Waals surface area contributed by atoms with Gasteiger partial charge in [-0.1, -0.05) is 0 Å². The average molecular weight is 326 g/mol. The molecule has 0 aliphatic carbocycles. The minimum absolute atomic E-state index is 0.0121. The van der Waals surface area contributed by atoms with Crippen molar-refractivity contribution in [2.24, 2.45) is 0 Å². The number of nitrogens with one attached hydrogen (secondary N) is 2. The van der Waals surface area contributed by atoms with E-state index in [1.54, 1.807) is 0 Å². The molecule has 0 bridgehead atoms. The van der Waals surface area contributed by atoms with E-state index < -0.39 is 36.2 Å². The molecule has 23 heavy (non-hydrogen) atoms. The molecule has 1 aromatic heterocycles. The first-order chi connectivity index (χ1) is 10.7. The molecule has 0 saturated carbocycles. The summed E-state index contributed by atoms with van der Waals surface area (Å²) in [5.41, 5.74) is -1.06. The zero-order chi connectivity index (χ0) is 17.6. The average Bonchev–Trinajstić information content (AvgIpc) is 2.42. The van der Waals surface area contributed by atoms with E-state index in [4.69, 9.17) is 5.11 Å². The second kappa shape index (κ2) is 7.92. The molecule has 126 valence electrons. The van der Waals surface area contributed by atoms with Crippen LogP contribution in [-0.2, 0) is 20.9 Å². The highest BCUT2D eigenvalue weighted by Crippen LogP contribution is 1.94. The van der Waals surface area contributed by atoms with Crippen LogP contribution in [0.2, 0.25) is 0 Å². The fourth-order valence-electron chi connectivity index (χ4n) is 1.80. The quantitative estimate of drug-likeness (QED) is 0.524. The largest absolute Gasteiger partial charge is 0.480 e. The van der Waals surface area contributed by atoms with Crippen molar-refractivity contribution in [3.05, 3.63) is 32.6 Å². The minimum atomic E-state index is -1.22. The third kappa shape index (κ3) is 5.77. The van der Waals surface area contributed by atoms with Crippen LogP contribution in [0.15, 0.2) is 15.8 Å². The van der Waals surface area contributed by atoms with Gasteiger partial charge in [-0.2, -0.15) is 0 Å². The summed E-state index contributed by atoms with van der Waals surface area (Å²) >= 11 is 0. The third-order valence-electron chi connectivity index (χ3n) is 2.93. The number of carboxylic acid groups (broad SMARTS) is 1. The number of nitrogens with zero attached hydrogens (tertiary/aromatic N) is 2. The number of rotatable bonds is 7. The van der Waals surface area contributed by atoms with E-state index in [-0.39, 0.29) is 24.6 Å². The Kier molecular flexibility index (Phi) is 6.24. The highest BCUT2D eigenvalue weighted by atomic mass is 16.4. The van der Waals surface area contributed by atoms with Crippen molar-refractivity contribution >= 4 is 17.8 Å². The number of carbonyl (C=O) groups is 3. The highest BCUT2D eigenvalue weighted by Gasteiger charge is 2.18. The summed E-state index contributed by atoms with van der Waals surface area (Å²) in [4.78, 5) is 59.8. The van der Waals surface area contributed by atoms with E-state index >= 15 is 0 Å². The topological polar surface area (TPSA) is 142 Å². The lowest BCUT2D eigenvalue weighted by molar-refractivity contribution is -0.144. The minimum Gasteiger partial charge on any atom is -0.480 e. The Morgan fingerprint density at radius 1 is 1.35 bits per heavy atom. The van der Waals surface area contributed by atoms with Gasteiger partial charge in [0.2, 0.25) is 11.8 Å². The van der Waals surface area contributed by atoms with Gasteiger partial charge in [0.1, 0.15) is 13.1 Å². The molecule has 0 atom stereocenters. The van der Waals surface area contributed by atoms with E-state index in [1.165, 1.54) is 20.0 Å². The normalized spacial score (nSPS) is 10.2. The van der Waals surface area contributed by atoms with Crippen LogP contribution in [0.1, 0.15) is 12.5 Å². The summed E-state index contributed by atoms with van der Waals surface area (Å²) in [7, 11) is 0. The van der Waals surface area contributed by atoms with Gasteiger partial charge in [-0.25, -0.2) is 4.79 Å². The van der Waals surface area contributed by atoms with Crippen LogP contribution in [-0.4, -0.2) is 57.0 Å². The summed E-state index contributed by atoms with van der Waals surface area (Å²) in [6.45, 7) is 1.88. The fraction of sp³-hybridized carbons (Fsp3) is 0.462. The number of hydrogen-bond acceptors (Lipinski definition) is 5. The lowest BCUT2D eigenvalue weighted by Gasteiger charge is -2.21. The molecule has 0 fully saturated rings. The van der Waals surface area contributed by atoms with E-state index in [2.05, 4.69) is 10.3 Å². The van der Waals surface area contributed by atoms with Gasteiger partial charge in [-0.05, 0) is 6.92 Å². The van der Waals surface area contributed by atoms with E-state index in [9.17, 15) is 24.0 Å². The zero-order valence-electron chi connectivity index (χ0n) is 12.8. The Morgan fingerprint density at radius 3 is 2.57 bits per heavy atom. The molecular formula is C13H18N4O6. The Hall–Kier alpha value is -2.91. The SMILES string of the molecule is CC(=O)NCCN(CC(=O)O)C(=O)Cn1cc(C)c(=O)[nH]c1=O. The van der Waals surface area contributed by atoms with Crippen molar-refractivity contribution in [1.29, 1.82) is 0 Å². The van der Waals surface area contributed by atoms with Crippen LogP contribution in [0.5, 0.6) is 0 Å². The second-order valence-electron chi connectivity index (χ2n) is 4.89. The zero-order valence-corrected chi connectivity index (χ0v) is 12.8. The monoisotopic (exact) mass is 326 g/mol. The van der Waals surface area contributed by atoms with Crippen LogP contribution in [0.3, 0.4) is 0 Å². The molecule has 1 heterocycles. The Bertz CT molecular complexity index is 720. The maximum Gasteiger partial charge on any atom is 0.328 e. The molecule has 0 aliphatic heterocycles. The Balaban J connectivity index is 2.86. The van der Waals surface area contributed by atoms with Crippen LogP contribution in [0.25, 0.3) is 0 Å². The number of aromatic amines is 1. The van der Waals surface area contributed by atoms with Crippen LogP contribution in [0.4, 0.5) is 0 Å². The summed E-state index contributed by atoms with van der Waals surface area (Å²) < 4.78 is 0.992. The summed E-state index contributed by atoms with van der Waals surface area (Å²) in [6.07, 6.45) is 1.23. The van der Waals surface area contributed by atoms with Gasteiger partial charge >= 0.3 is 11.7 Å². The number of aryl methyl sites for hydroxylation is 1. The van der Waals surface area contributed by atoms with Gasteiger partial charge in [0.15, 0.2) is 0 Å². The predicted molar refractivity (Wildman–Crippen MR) is 79.0 cm³/mol. The lowest BCUT2D eigenvalue weighted by atomic mass is 10.3. The molecule has 1 aromatic rings. The standard InChI is InChI=1S/C13H18N4O6/c1-8-5-17(13(23)15-12(8)22)6-10(19)16(7-11(20)21)4-3-14-9(2)18/h5H,3-4,6-7H2,1-2H3,(H,14,18)(H,20,21)(H,15,22,23). The fourth-order valence-corrected chi connectivity index (χ4v) is 1.80. The first kappa shape index (κ1) is 18.1. The molecule has 0 spiro atoms. The van der Waals surface area contributed by atoms with Crippen molar-refractivity contribution in [1.82, 2.24) is 19.8 Å². The van der Waals surface area contributed by atoms with E-state index in [1.807, 2.05) is 0 Å². The smallest absolute Gasteiger partial charge is 0.328 e. The molecule has 0 unspecified atom stereocenters. The van der Waals surface area contributed by atoms with Crippen molar-refractivity contribution in [3.63, 3.8) is 0 Å². The van der Waals surface area contributed by atoms with Crippen molar-refractivity contribution in [2.45, 2.75) is 20.4 Å². The molecule has 10 nitrogen and oxygen atoms in total. The van der Waals surface area contributed by atoms with E-state index in [0.29, 0.717) is 0 Å². The van der Waals surface area contributed by atoms with Crippen LogP contribution in [0, 0.1) is 6.92 Å². The van der Waals surface area contributed by atoms with Crippen molar-refractivity contribution in [3.8, 4) is 0 Å². The number of carboxylic acids is 1. The second-order valence-corrected chi connectivity index (χ2v) is 4.89. The molecule has 0 radical (unpaired) electrons. The third-order valence-corrected chi connectivity index (χ3v) is 2.93. The molecular weight excluding hydrogens is 308 g/mol. The first-order valence-electron chi connectivity index (χ1n) is 6.75.